The molecule has 2 heterocycles. The maximum Gasteiger partial charge on any atom is 0.410 e. The number of hydrogen-bond acceptors (Lipinski definition) is 4. The Morgan fingerprint density at radius 2 is 2.05 bits per heavy atom. The van der Waals surface area contributed by atoms with Gasteiger partial charge in [0.25, 0.3) is 0 Å². The molecule has 0 bridgehead atoms. The molecule has 1 unspecified atom stereocenters. The monoisotopic (exact) mass is 305 g/mol. The topological polar surface area (TPSA) is 59.0 Å². The molecule has 1 spiro atoms. The molecule has 2 aliphatic heterocycles. The van der Waals surface area contributed by atoms with Gasteiger partial charge in [-0.05, 0) is 23.8 Å². The second kappa shape index (κ2) is 6.67. The second-order valence-corrected chi connectivity index (χ2v) is 6.27. The van der Waals surface area contributed by atoms with Crippen molar-refractivity contribution < 1.29 is 19.4 Å². The first-order chi connectivity index (χ1) is 10.7. The quantitative estimate of drug-likeness (QED) is 0.928. The number of nitrogens with zero attached hydrogens (tertiary/aromatic N) is 1. The first kappa shape index (κ1) is 15.3. The number of aliphatic hydroxyl groups excluding tert-OH is 1. The highest BCUT2D eigenvalue weighted by atomic mass is 16.6. The van der Waals surface area contributed by atoms with Gasteiger partial charge in [0.1, 0.15) is 6.61 Å². The first-order valence-electron chi connectivity index (χ1n) is 7.88. The summed E-state index contributed by atoms with van der Waals surface area (Å²) in [6.07, 6.45) is 1.52. The van der Waals surface area contributed by atoms with Gasteiger partial charge in [0.05, 0.1) is 0 Å². The molecule has 2 aliphatic rings. The lowest BCUT2D eigenvalue weighted by Gasteiger charge is -2.37. The fraction of sp³-hybridized carbons (Fsp3) is 0.588. The van der Waals surface area contributed by atoms with Crippen LogP contribution in [0.15, 0.2) is 30.3 Å². The fourth-order valence-electron chi connectivity index (χ4n) is 3.58. The molecule has 0 aromatic heterocycles. The molecule has 2 saturated heterocycles. The molecule has 3 rings (SSSR count). The van der Waals surface area contributed by atoms with E-state index in [0.717, 1.165) is 18.4 Å². The van der Waals surface area contributed by atoms with E-state index in [1.807, 2.05) is 30.3 Å². The molecule has 1 aromatic carbocycles. The Balaban J connectivity index is 1.59. The number of ether oxygens (including phenoxy) is 2. The molecule has 2 fully saturated rings. The van der Waals surface area contributed by atoms with Crippen LogP contribution in [0.5, 0.6) is 0 Å². The number of likely N-dealkylation sites (tertiary alicyclic amines) is 1. The van der Waals surface area contributed by atoms with Gasteiger partial charge in [0.15, 0.2) is 0 Å². The van der Waals surface area contributed by atoms with Crippen molar-refractivity contribution in [3.63, 3.8) is 0 Å². The van der Waals surface area contributed by atoms with E-state index in [2.05, 4.69) is 0 Å². The summed E-state index contributed by atoms with van der Waals surface area (Å²) in [5, 5.41) is 9.67. The number of carbonyl (C=O) groups is 1. The highest BCUT2D eigenvalue weighted by Crippen LogP contribution is 2.44. The van der Waals surface area contributed by atoms with Gasteiger partial charge >= 0.3 is 6.09 Å². The van der Waals surface area contributed by atoms with E-state index in [1.165, 1.54) is 0 Å². The molecule has 0 radical (unpaired) electrons. The van der Waals surface area contributed by atoms with Crippen molar-refractivity contribution in [3.05, 3.63) is 35.9 Å². The Labute approximate surface area is 130 Å². The maximum absolute atomic E-state index is 12.3. The molecular weight excluding hydrogens is 282 g/mol. The standard InChI is InChI=1S/C17H23NO4/c19-11-15-10-18(13-17(15)6-8-21-9-7-17)16(20)22-12-14-4-2-1-3-5-14/h1-5,15,19H,6-13H2. The van der Waals surface area contributed by atoms with Crippen LogP contribution in [0.1, 0.15) is 18.4 Å². The molecule has 120 valence electrons. The number of benzene rings is 1. The normalized spacial score (nSPS) is 23.7. The largest absolute Gasteiger partial charge is 0.445 e. The molecule has 0 saturated carbocycles. The lowest BCUT2D eigenvalue weighted by molar-refractivity contribution is -0.0118. The van der Waals surface area contributed by atoms with Crippen LogP contribution in [0.25, 0.3) is 0 Å². The van der Waals surface area contributed by atoms with Gasteiger partial charge < -0.3 is 19.5 Å². The van der Waals surface area contributed by atoms with Crippen molar-refractivity contribution in [2.24, 2.45) is 11.3 Å². The molecular formula is C17H23NO4. The summed E-state index contributed by atoms with van der Waals surface area (Å²) in [7, 11) is 0. The van der Waals surface area contributed by atoms with Crippen LogP contribution in [0.3, 0.4) is 0 Å². The van der Waals surface area contributed by atoms with Crippen molar-refractivity contribution in [1.29, 1.82) is 0 Å². The van der Waals surface area contributed by atoms with Crippen LogP contribution in [0.2, 0.25) is 0 Å². The van der Waals surface area contributed by atoms with Gasteiger partial charge in [-0.25, -0.2) is 4.79 Å². The van der Waals surface area contributed by atoms with Gasteiger partial charge in [-0.1, -0.05) is 30.3 Å². The Hall–Kier alpha value is -1.59. The first-order valence-corrected chi connectivity index (χ1v) is 7.88. The molecule has 1 amide bonds. The summed E-state index contributed by atoms with van der Waals surface area (Å²) in [6, 6.07) is 9.67. The average molecular weight is 305 g/mol. The predicted molar refractivity (Wildman–Crippen MR) is 81.3 cm³/mol. The van der Waals surface area contributed by atoms with Crippen LogP contribution >= 0.6 is 0 Å². The van der Waals surface area contributed by atoms with E-state index in [9.17, 15) is 9.90 Å². The summed E-state index contributed by atoms with van der Waals surface area (Å²) in [6.45, 7) is 3.06. The van der Waals surface area contributed by atoms with Crippen molar-refractivity contribution in [2.75, 3.05) is 32.9 Å². The summed E-state index contributed by atoms with van der Waals surface area (Å²) < 4.78 is 10.8. The third kappa shape index (κ3) is 3.10. The summed E-state index contributed by atoms with van der Waals surface area (Å²) in [5.41, 5.74) is 0.980. The molecule has 5 heteroatoms. The van der Waals surface area contributed by atoms with Crippen LogP contribution < -0.4 is 0 Å². The highest BCUT2D eigenvalue weighted by molar-refractivity contribution is 5.68. The number of hydrogen-bond donors (Lipinski definition) is 1. The van der Waals surface area contributed by atoms with Crippen molar-refractivity contribution in [1.82, 2.24) is 4.90 Å². The summed E-state index contributed by atoms with van der Waals surface area (Å²) >= 11 is 0. The zero-order chi connectivity index (χ0) is 15.4. The minimum absolute atomic E-state index is 0.00122. The van der Waals surface area contributed by atoms with Gasteiger partial charge in [0, 0.05) is 38.8 Å². The Kier molecular flexibility index (Phi) is 4.64. The van der Waals surface area contributed by atoms with E-state index < -0.39 is 0 Å². The van der Waals surface area contributed by atoms with E-state index >= 15 is 0 Å². The predicted octanol–water partition coefficient (Wildman–Crippen LogP) is 2.04. The van der Waals surface area contributed by atoms with Crippen LogP contribution in [0.4, 0.5) is 4.79 Å². The maximum atomic E-state index is 12.3. The summed E-state index contributed by atoms with van der Waals surface area (Å²) in [5.74, 6) is 0.126. The molecule has 0 aliphatic carbocycles. The zero-order valence-corrected chi connectivity index (χ0v) is 12.7. The van der Waals surface area contributed by atoms with E-state index in [1.54, 1.807) is 4.90 Å². The lowest BCUT2D eigenvalue weighted by atomic mass is 9.72. The third-order valence-electron chi connectivity index (χ3n) is 4.98. The number of carbonyl (C=O) groups excluding carboxylic acids is 1. The Bertz CT molecular complexity index is 499. The lowest BCUT2D eigenvalue weighted by Crippen LogP contribution is -2.38. The van der Waals surface area contributed by atoms with Crippen LogP contribution in [-0.2, 0) is 16.1 Å². The second-order valence-electron chi connectivity index (χ2n) is 6.27. The third-order valence-corrected chi connectivity index (χ3v) is 4.98. The van der Waals surface area contributed by atoms with Crippen LogP contribution in [-0.4, -0.2) is 49.0 Å². The highest BCUT2D eigenvalue weighted by Gasteiger charge is 2.48. The molecule has 5 nitrogen and oxygen atoms in total. The van der Waals surface area contributed by atoms with Crippen molar-refractivity contribution in [3.8, 4) is 0 Å². The molecule has 1 atom stereocenters. The van der Waals surface area contributed by atoms with E-state index in [0.29, 0.717) is 26.3 Å². The minimum Gasteiger partial charge on any atom is -0.445 e. The number of amides is 1. The van der Waals surface area contributed by atoms with Gasteiger partial charge in [-0.15, -0.1) is 0 Å². The van der Waals surface area contributed by atoms with Gasteiger partial charge in [0.2, 0.25) is 0 Å². The van der Waals surface area contributed by atoms with Crippen molar-refractivity contribution >= 4 is 6.09 Å². The molecule has 1 aromatic rings. The number of aliphatic hydroxyl groups is 1. The van der Waals surface area contributed by atoms with Gasteiger partial charge in [-0.2, -0.15) is 0 Å². The minimum atomic E-state index is -0.286. The molecule has 22 heavy (non-hydrogen) atoms. The smallest absolute Gasteiger partial charge is 0.410 e. The number of rotatable bonds is 3. The van der Waals surface area contributed by atoms with E-state index in [4.69, 9.17) is 9.47 Å². The zero-order valence-electron chi connectivity index (χ0n) is 12.7. The fourth-order valence-corrected chi connectivity index (χ4v) is 3.58. The van der Waals surface area contributed by atoms with E-state index in [-0.39, 0.29) is 30.6 Å². The SMILES string of the molecule is O=C(OCc1ccccc1)N1CC(CO)C2(CCOCC2)C1. The van der Waals surface area contributed by atoms with Crippen molar-refractivity contribution in [2.45, 2.75) is 19.4 Å². The molecule has 1 N–H and O–H groups in total. The average Bonchev–Trinajstić information content (AvgIpc) is 2.92. The Morgan fingerprint density at radius 3 is 2.73 bits per heavy atom. The Morgan fingerprint density at radius 1 is 1.32 bits per heavy atom. The van der Waals surface area contributed by atoms with Crippen LogP contribution in [0, 0.1) is 11.3 Å². The summed E-state index contributed by atoms with van der Waals surface area (Å²) in [4.78, 5) is 14.0. The van der Waals surface area contributed by atoms with Gasteiger partial charge in [-0.3, -0.25) is 0 Å².